The van der Waals surface area contributed by atoms with Crippen LogP contribution in [-0.4, -0.2) is 60.4 Å². The Labute approximate surface area is 184 Å². The van der Waals surface area contributed by atoms with Gasteiger partial charge in [0.25, 0.3) is 0 Å². The van der Waals surface area contributed by atoms with Crippen molar-refractivity contribution in [3.05, 3.63) is 35.9 Å². The highest BCUT2D eigenvalue weighted by Crippen LogP contribution is 2.21. The molecule has 1 aromatic rings. The summed E-state index contributed by atoms with van der Waals surface area (Å²) in [4.78, 5) is 18.0. The summed E-state index contributed by atoms with van der Waals surface area (Å²) >= 11 is 0. The molecular weight excluding hydrogens is 471 g/mol. The van der Waals surface area contributed by atoms with Gasteiger partial charge in [0.2, 0.25) is 0 Å². The fourth-order valence-electron chi connectivity index (χ4n) is 3.34. The number of amides is 1. The number of carbonyl (C=O) groups excluding carboxylic acids is 1. The summed E-state index contributed by atoms with van der Waals surface area (Å²) in [6.45, 7) is 5.82. The van der Waals surface area contributed by atoms with Crippen LogP contribution in [0.3, 0.4) is 0 Å². The molecule has 2 rings (SSSR count). The number of hydrogen-bond donors (Lipinski definition) is 3. The molecule has 8 heteroatoms. The molecule has 2 atom stereocenters. The second-order valence-electron chi connectivity index (χ2n) is 7.02. The molecule has 1 fully saturated rings. The number of piperidine rings is 1. The summed E-state index contributed by atoms with van der Waals surface area (Å²) in [6.07, 6.45) is 1.61. The number of aliphatic hydroxyl groups excluding tert-OH is 1. The second kappa shape index (κ2) is 12.8. The first-order valence-corrected chi connectivity index (χ1v) is 9.70. The van der Waals surface area contributed by atoms with E-state index in [9.17, 15) is 9.90 Å². The lowest BCUT2D eigenvalue weighted by Gasteiger charge is -2.31. The van der Waals surface area contributed by atoms with Gasteiger partial charge < -0.3 is 25.8 Å². The number of nitrogens with two attached hydrogens (primary N) is 1. The van der Waals surface area contributed by atoms with E-state index in [2.05, 4.69) is 22.4 Å². The van der Waals surface area contributed by atoms with Gasteiger partial charge in [-0.2, -0.15) is 0 Å². The van der Waals surface area contributed by atoms with Crippen molar-refractivity contribution in [3.8, 4) is 0 Å². The monoisotopic (exact) mass is 504 g/mol. The van der Waals surface area contributed by atoms with Gasteiger partial charge in [-0.3, -0.25) is 4.99 Å². The van der Waals surface area contributed by atoms with Crippen LogP contribution in [0.4, 0.5) is 4.79 Å². The molecule has 28 heavy (non-hydrogen) atoms. The minimum atomic E-state index is -0.396. The smallest absolute Gasteiger partial charge is 0.409 e. The van der Waals surface area contributed by atoms with E-state index in [0.717, 1.165) is 18.4 Å². The predicted molar refractivity (Wildman–Crippen MR) is 122 cm³/mol. The number of halogens is 1. The van der Waals surface area contributed by atoms with Crippen molar-refractivity contribution in [1.29, 1.82) is 0 Å². The molecule has 1 heterocycles. The maximum absolute atomic E-state index is 11.7. The highest BCUT2D eigenvalue weighted by atomic mass is 127. The van der Waals surface area contributed by atoms with Gasteiger partial charge in [-0.25, -0.2) is 4.79 Å². The van der Waals surface area contributed by atoms with Crippen LogP contribution in [0.15, 0.2) is 35.3 Å². The summed E-state index contributed by atoms with van der Waals surface area (Å²) < 4.78 is 5.03. The predicted octanol–water partition coefficient (Wildman–Crippen LogP) is 2.68. The van der Waals surface area contributed by atoms with Gasteiger partial charge in [0.15, 0.2) is 5.96 Å². The third kappa shape index (κ3) is 8.22. The van der Waals surface area contributed by atoms with Crippen LogP contribution in [-0.2, 0) is 4.74 Å². The fraction of sp³-hybridized carbons (Fsp3) is 0.600. The third-order valence-electron chi connectivity index (χ3n) is 4.75. The summed E-state index contributed by atoms with van der Waals surface area (Å²) in [7, 11) is 0. The van der Waals surface area contributed by atoms with Crippen LogP contribution in [0.1, 0.15) is 44.6 Å². The molecule has 0 spiro atoms. The summed E-state index contributed by atoms with van der Waals surface area (Å²) in [6, 6.07) is 10.3. The normalized spacial score (nSPS) is 17.4. The van der Waals surface area contributed by atoms with Crippen LogP contribution < -0.4 is 11.1 Å². The molecule has 0 aliphatic carbocycles. The highest BCUT2D eigenvalue weighted by Gasteiger charge is 2.23. The van der Waals surface area contributed by atoms with E-state index in [1.807, 2.05) is 25.1 Å². The van der Waals surface area contributed by atoms with E-state index in [1.54, 1.807) is 11.8 Å². The van der Waals surface area contributed by atoms with E-state index in [0.29, 0.717) is 38.6 Å². The molecule has 1 amide bonds. The van der Waals surface area contributed by atoms with Crippen molar-refractivity contribution in [1.82, 2.24) is 10.2 Å². The lowest BCUT2D eigenvalue weighted by molar-refractivity contribution is 0.0963. The third-order valence-corrected chi connectivity index (χ3v) is 4.75. The van der Waals surface area contributed by atoms with Crippen molar-refractivity contribution in [2.75, 3.05) is 26.2 Å². The Balaban J connectivity index is 0.00000392. The van der Waals surface area contributed by atoms with Crippen molar-refractivity contribution in [2.24, 2.45) is 10.7 Å². The Kier molecular flexibility index (Phi) is 11.2. The molecule has 0 bridgehead atoms. The maximum Gasteiger partial charge on any atom is 0.409 e. The number of ether oxygens (including phenoxy) is 1. The second-order valence-corrected chi connectivity index (χ2v) is 7.02. The van der Waals surface area contributed by atoms with Crippen molar-refractivity contribution in [3.63, 3.8) is 0 Å². The van der Waals surface area contributed by atoms with Gasteiger partial charge in [0, 0.05) is 31.6 Å². The Hall–Kier alpha value is -1.55. The molecule has 0 radical (unpaired) electrons. The standard InChI is InChI=1S/C20H32N4O3.HI/c1-3-27-20(26)24-11-9-18(10-12-24)23-19(21)22-14-17(13-15(2)25)16-7-5-4-6-8-16;/h4-8,15,17-18,25H,3,9-14H2,1-2H3,(H3,21,22,23);1H. The van der Waals surface area contributed by atoms with Crippen molar-refractivity contribution < 1.29 is 14.6 Å². The number of rotatable bonds is 7. The molecular formula is C20H33IN4O3. The van der Waals surface area contributed by atoms with E-state index in [1.165, 1.54) is 0 Å². The van der Waals surface area contributed by atoms with Crippen molar-refractivity contribution in [2.45, 2.75) is 51.2 Å². The molecule has 1 aliphatic rings. The van der Waals surface area contributed by atoms with Gasteiger partial charge in [-0.1, -0.05) is 30.3 Å². The minimum absolute atomic E-state index is 0. The summed E-state index contributed by atoms with van der Waals surface area (Å²) in [5, 5.41) is 13.0. The Bertz CT molecular complexity index is 605. The molecule has 1 saturated heterocycles. The van der Waals surface area contributed by atoms with E-state index >= 15 is 0 Å². The number of nitrogens with zero attached hydrogens (tertiary/aromatic N) is 2. The largest absolute Gasteiger partial charge is 0.450 e. The molecule has 158 valence electrons. The highest BCUT2D eigenvalue weighted by molar-refractivity contribution is 14.0. The molecule has 1 aromatic carbocycles. The molecule has 4 N–H and O–H groups in total. The number of benzene rings is 1. The van der Waals surface area contributed by atoms with Crippen LogP contribution in [0, 0.1) is 0 Å². The Morgan fingerprint density at radius 1 is 1.36 bits per heavy atom. The number of nitrogens with one attached hydrogen (secondary N) is 1. The zero-order valence-corrected chi connectivity index (χ0v) is 19.0. The number of hydrogen-bond acceptors (Lipinski definition) is 4. The zero-order valence-electron chi connectivity index (χ0n) is 16.7. The van der Waals surface area contributed by atoms with Crippen LogP contribution in [0.25, 0.3) is 0 Å². The van der Waals surface area contributed by atoms with E-state index in [-0.39, 0.29) is 42.0 Å². The van der Waals surface area contributed by atoms with E-state index in [4.69, 9.17) is 10.5 Å². The topological polar surface area (TPSA) is 100 Å². The van der Waals surface area contributed by atoms with Gasteiger partial charge in [0.05, 0.1) is 12.7 Å². The Morgan fingerprint density at radius 2 is 2.00 bits per heavy atom. The number of aliphatic hydroxyl groups is 1. The first-order chi connectivity index (χ1) is 13.0. The number of carbonyl (C=O) groups is 1. The average molecular weight is 504 g/mol. The quantitative estimate of drug-likeness (QED) is 0.301. The first kappa shape index (κ1) is 24.5. The SMILES string of the molecule is CCOC(=O)N1CCC(NC(N)=NCC(CC(C)O)c2ccccc2)CC1.I. The summed E-state index contributed by atoms with van der Waals surface area (Å²) in [5.41, 5.74) is 7.23. The Morgan fingerprint density at radius 3 is 2.57 bits per heavy atom. The van der Waals surface area contributed by atoms with Crippen LogP contribution >= 0.6 is 24.0 Å². The number of guanidine groups is 1. The molecule has 0 saturated carbocycles. The number of likely N-dealkylation sites (tertiary alicyclic amines) is 1. The van der Waals surface area contributed by atoms with Gasteiger partial charge in [0.1, 0.15) is 0 Å². The lowest BCUT2D eigenvalue weighted by atomic mass is 9.93. The van der Waals surface area contributed by atoms with Gasteiger partial charge in [-0.15, -0.1) is 24.0 Å². The lowest BCUT2D eigenvalue weighted by Crippen LogP contribution is -2.48. The maximum atomic E-state index is 11.7. The zero-order chi connectivity index (χ0) is 19.6. The number of aliphatic imine (C=N–C) groups is 1. The first-order valence-electron chi connectivity index (χ1n) is 9.70. The minimum Gasteiger partial charge on any atom is -0.450 e. The van der Waals surface area contributed by atoms with Gasteiger partial charge in [-0.05, 0) is 38.7 Å². The van der Waals surface area contributed by atoms with E-state index < -0.39 is 6.10 Å². The molecule has 0 aromatic heterocycles. The average Bonchev–Trinajstić information content (AvgIpc) is 2.66. The van der Waals surface area contributed by atoms with Crippen LogP contribution in [0.2, 0.25) is 0 Å². The molecule has 7 nitrogen and oxygen atoms in total. The summed E-state index contributed by atoms with van der Waals surface area (Å²) in [5.74, 6) is 0.535. The molecule has 1 aliphatic heterocycles. The van der Waals surface area contributed by atoms with Gasteiger partial charge >= 0.3 is 6.09 Å². The fourth-order valence-corrected chi connectivity index (χ4v) is 3.34. The van der Waals surface area contributed by atoms with Crippen LogP contribution in [0.5, 0.6) is 0 Å². The molecule has 2 unspecified atom stereocenters. The van der Waals surface area contributed by atoms with Crippen molar-refractivity contribution >= 4 is 36.0 Å².